The number of hydrogen-bond donors (Lipinski definition) is 2. The van der Waals surface area contributed by atoms with Crippen LogP contribution in [0.1, 0.15) is 5.56 Å². The van der Waals surface area contributed by atoms with Crippen molar-refractivity contribution in [2.75, 3.05) is 46.1 Å². The van der Waals surface area contributed by atoms with Crippen molar-refractivity contribution in [2.45, 2.75) is 5.75 Å². The molecule has 0 saturated carbocycles. The van der Waals surface area contributed by atoms with Gasteiger partial charge in [-0.25, -0.2) is 13.1 Å². The van der Waals surface area contributed by atoms with Gasteiger partial charge in [-0.05, 0) is 31.8 Å². The Kier molecular flexibility index (Phi) is 6.94. The third-order valence-corrected chi connectivity index (χ3v) is 3.94. The zero-order valence-corrected chi connectivity index (χ0v) is 12.8. The summed E-state index contributed by atoms with van der Waals surface area (Å²) in [5.74, 6) is -0.0506. The molecule has 1 aromatic rings. The van der Waals surface area contributed by atoms with E-state index in [0.29, 0.717) is 24.5 Å². The number of sulfonamides is 1. The first-order valence-electron chi connectivity index (χ1n) is 6.43. The van der Waals surface area contributed by atoms with E-state index in [-0.39, 0.29) is 12.3 Å². The fraction of sp³-hybridized carbons (Fsp3) is 0.538. The van der Waals surface area contributed by atoms with E-state index in [1.165, 1.54) is 0 Å². The Balaban J connectivity index is 2.26. The molecule has 0 amide bonds. The molecule has 0 bridgehead atoms. The van der Waals surface area contributed by atoms with Crippen LogP contribution in [0.15, 0.2) is 24.3 Å². The van der Waals surface area contributed by atoms with Gasteiger partial charge in [0.05, 0.1) is 19.0 Å². The van der Waals surface area contributed by atoms with Gasteiger partial charge in [0, 0.05) is 18.8 Å². The Bertz CT molecular complexity index is 486. The molecule has 0 radical (unpaired) electrons. The SMILES string of the molecule is CN(C)CCOCCNS(=O)(=O)Cc1ccc(N)cc1. The zero-order chi connectivity index (χ0) is 15.0. The van der Waals surface area contributed by atoms with E-state index in [0.717, 1.165) is 6.54 Å². The van der Waals surface area contributed by atoms with Crippen LogP contribution < -0.4 is 10.5 Å². The van der Waals surface area contributed by atoms with Crippen molar-refractivity contribution in [3.8, 4) is 0 Å². The van der Waals surface area contributed by atoms with Crippen LogP contribution in [0.5, 0.6) is 0 Å². The van der Waals surface area contributed by atoms with Gasteiger partial charge in [0.1, 0.15) is 0 Å². The average molecular weight is 301 g/mol. The lowest BCUT2D eigenvalue weighted by molar-refractivity contribution is 0.122. The number of anilines is 1. The highest BCUT2D eigenvalue weighted by Gasteiger charge is 2.10. The number of benzene rings is 1. The molecule has 0 spiro atoms. The molecule has 0 saturated heterocycles. The topological polar surface area (TPSA) is 84.7 Å². The van der Waals surface area contributed by atoms with E-state index in [1.54, 1.807) is 24.3 Å². The minimum atomic E-state index is -3.33. The van der Waals surface area contributed by atoms with E-state index in [2.05, 4.69) is 4.72 Å². The van der Waals surface area contributed by atoms with Gasteiger partial charge in [-0.2, -0.15) is 0 Å². The number of nitrogens with zero attached hydrogens (tertiary/aromatic N) is 1. The largest absolute Gasteiger partial charge is 0.399 e. The first kappa shape index (κ1) is 16.9. The molecule has 6 nitrogen and oxygen atoms in total. The number of rotatable bonds is 9. The minimum absolute atomic E-state index is 0.0506. The molecule has 114 valence electrons. The van der Waals surface area contributed by atoms with Crippen molar-refractivity contribution in [3.63, 3.8) is 0 Å². The second-order valence-electron chi connectivity index (χ2n) is 4.81. The van der Waals surface area contributed by atoms with Crippen LogP contribution in [0.25, 0.3) is 0 Å². The third-order valence-electron chi connectivity index (χ3n) is 2.59. The van der Waals surface area contributed by atoms with Crippen LogP contribution in [0.4, 0.5) is 5.69 Å². The summed E-state index contributed by atoms with van der Waals surface area (Å²) in [7, 11) is 0.582. The van der Waals surface area contributed by atoms with Crippen molar-refractivity contribution in [3.05, 3.63) is 29.8 Å². The second-order valence-corrected chi connectivity index (χ2v) is 6.62. The highest BCUT2D eigenvalue weighted by atomic mass is 32.2. The number of nitrogens with one attached hydrogen (secondary N) is 1. The van der Waals surface area contributed by atoms with Crippen molar-refractivity contribution >= 4 is 15.7 Å². The predicted molar refractivity (Wildman–Crippen MR) is 80.9 cm³/mol. The van der Waals surface area contributed by atoms with Crippen molar-refractivity contribution in [2.24, 2.45) is 0 Å². The molecule has 0 unspecified atom stereocenters. The van der Waals surface area contributed by atoms with Crippen LogP contribution in [-0.4, -0.2) is 53.7 Å². The zero-order valence-electron chi connectivity index (χ0n) is 12.0. The molecule has 0 fully saturated rings. The van der Waals surface area contributed by atoms with E-state index >= 15 is 0 Å². The Hall–Kier alpha value is -1.15. The fourth-order valence-electron chi connectivity index (χ4n) is 1.50. The molecular weight excluding hydrogens is 278 g/mol. The molecular formula is C13H23N3O3S. The van der Waals surface area contributed by atoms with Crippen LogP contribution in [0.3, 0.4) is 0 Å². The number of nitrogen functional groups attached to an aromatic ring is 1. The molecule has 20 heavy (non-hydrogen) atoms. The van der Waals surface area contributed by atoms with Gasteiger partial charge in [0.15, 0.2) is 0 Å². The highest BCUT2D eigenvalue weighted by Crippen LogP contribution is 2.08. The third kappa shape index (κ3) is 7.44. The lowest BCUT2D eigenvalue weighted by atomic mass is 10.2. The van der Waals surface area contributed by atoms with E-state index < -0.39 is 10.0 Å². The maximum atomic E-state index is 11.8. The van der Waals surface area contributed by atoms with Gasteiger partial charge in [-0.3, -0.25) is 0 Å². The molecule has 0 aromatic heterocycles. The Morgan fingerprint density at radius 2 is 1.85 bits per heavy atom. The van der Waals surface area contributed by atoms with Gasteiger partial charge < -0.3 is 15.4 Å². The molecule has 0 aliphatic heterocycles. The van der Waals surface area contributed by atoms with E-state index in [9.17, 15) is 8.42 Å². The van der Waals surface area contributed by atoms with Crippen molar-refractivity contribution < 1.29 is 13.2 Å². The molecule has 0 atom stereocenters. The first-order chi connectivity index (χ1) is 9.39. The summed E-state index contributed by atoms with van der Waals surface area (Å²) in [6.07, 6.45) is 0. The van der Waals surface area contributed by atoms with Crippen LogP contribution in [-0.2, 0) is 20.5 Å². The summed E-state index contributed by atoms with van der Waals surface area (Å²) in [6.45, 7) is 2.06. The summed E-state index contributed by atoms with van der Waals surface area (Å²) < 4.78 is 31.5. The maximum absolute atomic E-state index is 11.8. The summed E-state index contributed by atoms with van der Waals surface area (Å²) in [4.78, 5) is 2.01. The molecule has 1 aromatic carbocycles. The van der Waals surface area contributed by atoms with Gasteiger partial charge in [0.2, 0.25) is 10.0 Å². The molecule has 0 aliphatic rings. The number of hydrogen-bond acceptors (Lipinski definition) is 5. The lowest BCUT2D eigenvalue weighted by Gasteiger charge is -2.10. The fourth-order valence-corrected chi connectivity index (χ4v) is 2.63. The minimum Gasteiger partial charge on any atom is -0.399 e. The Labute approximate surface area is 121 Å². The lowest BCUT2D eigenvalue weighted by Crippen LogP contribution is -2.29. The Morgan fingerprint density at radius 3 is 2.45 bits per heavy atom. The van der Waals surface area contributed by atoms with Gasteiger partial charge in [-0.15, -0.1) is 0 Å². The monoisotopic (exact) mass is 301 g/mol. The molecule has 0 heterocycles. The van der Waals surface area contributed by atoms with E-state index in [1.807, 2.05) is 19.0 Å². The molecule has 7 heteroatoms. The van der Waals surface area contributed by atoms with Gasteiger partial charge in [-0.1, -0.05) is 12.1 Å². The number of ether oxygens (including phenoxy) is 1. The van der Waals surface area contributed by atoms with Crippen molar-refractivity contribution in [1.82, 2.24) is 9.62 Å². The summed E-state index contributed by atoms with van der Waals surface area (Å²) in [6, 6.07) is 6.80. The van der Waals surface area contributed by atoms with Crippen LogP contribution in [0, 0.1) is 0 Å². The number of likely N-dealkylation sites (N-methyl/N-ethyl adjacent to an activating group) is 1. The predicted octanol–water partition coefficient (Wildman–Crippen LogP) is 0.266. The van der Waals surface area contributed by atoms with Crippen molar-refractivity contribution in [1.29, 1.82) is 0 Å². The molecule has 1 rings (SSSR count). The quantitative estimate of drug-likeness (QED) is 0.505. The van der Waals surface area contributed by atoms with Crippen LogP contribution >= 0.6 is 0 Å². The summed E-state index contributed by atoms with van der Waals surface area (Å²) >= 11 is 0. The summed E-state index contributed by atoms with van der Waals surface area (Å²) in [5.41, 5.74) is 6.88. The van der Waals surface area contributed by atoms with E-state index in [4.69, 9.17) is 10.5 Å². The molecule has 3 N–H and O–H groups in total. The van der Waals surface area contributed by atoms with Crippen LogP contribution in [0.2, 0.25) is 0 Å². The smallest absolute Gasteiger partial charge is 0.215 e. The maximum Gasteiger partial charge on any atom is 0.215 e. The highest BCUT2D eigenvalue weighted by molar-refractivity contribution is 7.88. The van der Waals surface area contributed by atoms with Gasteiger partial charge in [0.25, 0.3) is 0 Å². The number of nitrogens with two attached hydrogens (primary N) is 1. The second kappa shape index (κ2) is 8.21. The Morgan fingerprint density at radius 1 is 1.20 bits per heavy atom. The summed E-state index contributed by atoms with van der Waals surface area (Å²) in [5, 5.41) is 0. The van der Waals surface area contributed by atoms with Gasteiger partial charge >= 0.3 is 0 Å². The average Bonchev–Trinajstić information content (AvgIpc) is 2.36. The first-order valence-corrected chi connectivity index (χ1v) is 8.08. The normalized spacial score (nSPS) is 11.9. The standard InChI is InChI=1S/C13H23N3O3S/c1-16(2)8-10-19-9-7-15-20(17,18)11-12-3-5-13(14)6-4-12/h3-6,15H,7-11,14H2,1-2H3. The molecule has 0 aliphatic carbocycles.